The first-order valence-corrected chi connectivity index (χ1v) is 9.75. The molecule has 0 atom stereocenters. The van der Waals surface area contributed by atoms with Crippen LogP contribution in [0, 0.1) is 0 Å². The summed E-state index contributed by atoms with van der Waals surface area (Å²) < 4.78 is 5.33. The Labute approximate surface area is 170 Å². The van der Waals surface area contributed by atoms with E-state index < -0.39 is 0 Å². The summed E-state index contributed by atoms with van der Waals surface area (Å²) in [6.07, 6.45) is 4.05. The number of rotatable bonds is 6. The van der Waals surface area contributed by atoms with Gasteiger partial charge in [0.15, 0.2) is 0 Å². The summed E-state index contributed by atoms with van der Waals surface area (Å²) in [5, 5.41) is 6.13. The second-order valence-corrected chi connectivity index (χ2v) is 6.95. The first kappa shape index (κ1) is 18.8. The van der Waals surface area contributed by atoms with Crippen LogP contribution in [0.3, 0.4) is 0 Å². The third-order valence-corrected chi connectivity index (χ3v) is 4.99. The number of pyridine rings is 1. The van der Waals surface area contributed by atoms with Gasteiger partial charge in [-0.15, -0.1) is 0 Å². The van der Waals surface area contributed by atoms with Crippen molar-refractivity contribution in [3.8, 4) is 5.75 Å². The molecule has 0 unspecified atom stereocenters. The second-order valence-electron chi connectivity index (χ2n) is 6.95. The van der Waals surface area contributed by atoms with Crippen molar-refractivity contribution in [2.75, 3.05) is 35.7 Å². The zero-order valence-corrected chi connectivity index (χ0v) is 16.4. The number of hydrogen-bond acceptors (Lipinski definition) is 5. The Morgan fingerprint density at radius 1 is 1.00 bits per heavy atom. The minimum absolute atomic E-state index is 0.185. The normalized spacial score (nSPS) is 13.2. The van der Waals surface area contributed by atoms with E-state index in [2.05, 4.69) is 32.7 Å². The largest absolute Gasteiger partial charge is 0.495 e. The molecule has 0 radical (unpaired) electrons. The number of carbonyl (C=O) groups is 1. The number of ether oxygens (including phenoxy) is 1. The van der Waals surface area contributed by atoms with Crippen LogP contribution < -0.4 is 20.3 Å². The molecular formula is C23H24N4O2. The lowest BCUT2D eigenvalue weighted by Crippen LogP contribution is -2.17. The molecule has 2 aromatic carbocycles. The van der Waals surface area contributed by atoms with Gasteiger partial charge >= 0.3 is 0 Å². The lowest BCUT2D eigenvalue weighted by Gasteiger charge is -2.17. The van der Waals surface area contributed by atoms with Gasteiger partial charge in [-0.25, -0.2) is 4.98 Å². The van der Waals surface area contributed by atoms with Crippen molar-refractivity contribution in [3.63, 3.8) is 0 Å². The molecule has 29 heavy (non-hydrogen) atoms. The zero-order chi connectivity index (χ0) is 20.1. The quantitative estimate of drug-likeness (QED) is 0.641. The molecule has 0 aliphatic carbocycles. The van der Waals surface area contributed by atoms with Crippen molar-refractivity contribution in [1.29, 1.82) is 0 Å². The van der Waals surface area contributed by atoms with E-state index in [1.54, 1.807) is 25.4 Å². The number of amides is 1. The average Bonchev–Trinajstić information content (AvgIpc) is 3.30. The van der Waals surface area contributed by atoms with E-state index in [0.717, 1.165) is 30.2 Å². The van der Waals surface area contributed by atoms with Gasteiger partial charge in [0.2, 0.25) is 0 Å². The predicted molar refractivity (Wildman–Crippen MR) is 116 cm³/mol. The van der Waals surface area contributed by atoms with Gasteiger partial charge in [-0.1, -0.05) is 12.1 Å². The van der Waals surface area contributed by atoms with E-state index in [4.69, 9.17) is 4.74 Å². The molecule has 0 bridgehead atoms. The maximum Gasteiger partial charge on any atom is 0.257 e. The smallest absolute Gasteiger partial charge is 0.257 e. The van der Waals surface area contributed by atoms with Crippen molar-refractivity contribution in [3.05, 3.63) is 72.4 Å². The molecule has 6 heteroatoms. The average molecular weight is 388 g/mol. The highest BCUT2D eigenvalue weighted by Crippen LogP contribution is 2.26. The van der Waals surface area contributed by atoms with Crippen LogP contribution >= 0.6 is 0 Å². The number of para-hydroxylation sites is 2. The van der Waals surface area contributed by atoms with Crippen LogP contribution in [-0.4, -0.2) is 31.1 Å². The number of nitrogens with zero attached hydrogens (tertiary/aromatic N) is 2. The molecule has 148 valence electrons. The Morgan fingerprint density at radius 2 is 1.76 bits per heavy atom. The minimum Gasteiger partial charge on any atom is -0.495 e. The first-order valence-electron chi connectivity index (χ1n) is 9.75. The van der Waals surface area contributed by atoms with Gasteiger partial charge in [-0.2, -0.15) is 0 Å². The summed E-state index contributed by atoms with van der Waals surface area (Å²) in [5.74, 6) is 1.18. The number of nitrogens with one attached hydrogen (secondary N) is 2. The van der Waals surface area contributed by atoms with E-state index in [1.165, 1.54) is 18.5 Å². The molecule has 0 saturated carbocycles. The molecule has 6 nitrogen and oxygen atoms in total. The fraction of sp³-hybridized carbons (Fsp3) is 0.217. The Morgan fingerprint density at radius 3 is 2.45 bits per heavy atom. The molecule has 1 fully saturated rings. The highest BCUT2D eigenvalue weighted by atomic mass is 16.5. The van der Waals surface area contributed by atoms with Crippen LogP contribution in [-0.2, 0) is 0 Å². The number of aromatic nitrogens is 1. The standard InChI is InChI=1S/C23H24N4O2/c1-29-21-7-3-2-6-20(21)26-22-13-8-17(16-24-22)23(28)25-18-9-11-19(12-10-18)27-14-4-5-15-27/h2-3,6-13,16H,4-5,14-15H2,1H3,(H,24,26)(H,25,28). The van der Waals surface area contributed by atoms with Crippen molar-refractivity contribution >= 4 is 28.8 Å². The lowest BCUT2D eigenvalue weighted by atomic mass is 10.2. The molecule has 1 amide bonds. The molecule has 1 saturated heterocycles. The summed E-state index contributed by atoms with van der Waals surface area (Å²) >= 11 is 0. The van der Waals surface area contributed by atoms with Crippen LogP contribution in [0.15, 0.2) is 66.9 Å². The maximum absolute atomic E-state index is 12.5. The lowest BCUT2D eigenvalue weighted by molar-refractivity contribution is 0.102. The van der Waals surface area contributed by atoms with E-state index in [1.807, 2.05) is 36.4 Å². The molecule has 1 aliphatic rings. The fourth-order valence-electron chi connectivity index (χ4n) is 3.42. The van der Waals surface area contributed by atoms with Crippen molar-refractivity contribution in [2.45, 2.75) is 12.8 Å². The zero-order valence-electron chi connectivity index (χ0n) is 16.4. The van der Waals surface area contributed by atoms with Crippen LogP contribution in [0.1, 0.15) is 23.2 Å². The summed E-state index contributed by atoms with van der Waals surface area (Å²) in [6.45, 7) is 2.21. The predicted octanol–water partition coefficient (Wildman–Crippen LogP) is 4.69. The van der Waals surface area contributed by atoms with Crippen molar-refractivity contribution in [1.82, 2.24) is 4.98 Å². The molecule has 3 aromatic rings. The number of carbonyl (C=O) groups excluding carboxylic acids is 1. The molecule has 4 rings (SSSR count). The molecule has 1 aliphatic heterocycles. The van der Waals surface area contributed by atoms with Crippen LogP contribution in [0.4, 0.5) is 22.9 Å². The highest BCUT2D eigenvalue weighted by Gasteiger charge is 2.13. The number of methoxy groups -OCH3 is 1. The van der Waals surface area contributed by atoms with Gasteiger partial charge in [-0.3, -0.25) is 4.79 Å². The summed E-state index contributed by atoms with van der Waals surface area (Å²) in [7, 11) is 1.62. The second kappa shape index (κ2) is 8.65. The van der Waals surface area contributed by atoms with Crippen LogP contribution in [0.5, 0.6) is 5.75 Å². The van der Waals surface area contributed by atoms with Gasteiger partial charge in [0, 0.05) is 30.7 Å². The van der Waals surface area contributed by atoms with E-state index in [-0.39, 0.29) is 5.91 Å². The molecule has 2 heterocycles. The van der Waals surface area contributed by atoms with Crippen LogP contribution in [0.25, 0.3) is 0 Å². The topological polar surface area (TPSA) is 66.5 Å². The summed E-state index contributed by atoms with van der Waals surface area (Å²) in [4.78, 5) is 19.2. The molecule has 0 spiro atoms. The van der Waals surface area contributed by atoms with Gasteiger partial charge in [0.25, 0.3) is 5.91 Å². The highest BCUT2D eigenvalue weighted by molar-refractivity contribution is 6.04. The Hall–Kier alpha value is -3.54. The maximum atomic E-state index is 12.5. The van der Waals surface area contributed by atoms with Crippen LogP contribution in [0.2, 0.25) is 0 Å². The Balaban J connectivity index is 1.39. The van der Waals surface area contributed by atoms with Gasteiger partial charge in [0.05, 0.1) is 18.4 Å². The van der Waals surface area contributed by atoms with Gasteiger partial charge in [-0.05, 0) is 61.4 Å². The van der Waals surface area contributed by atoms with E-state index in [9.17, 15) is 4.79 Å². The molecule has 1 aromatic heterocycles. The molecular weight excluding hydrogens is 364 g/mol. The summed E-state index contributed by atoms with van der Waals surface area (Å²) in [6, 6.07) is 19.1. The van der Waals surface area contributed by atoms with Crippen molar-refractivity contribution < 1.29 is 9.53 Å². The third kappa shape index (κ3) is 4.48. The number of anilines is 4. The van der Waals surface area contributed by atoms with E-state index >= 15 is 0 Å². The Kier molecular flexibility index (Phi) is 5.61. The SMILES string of the molecule is COc1ccccc1Nc1ccc(C(=O)Nc2ccc(N3CCCC3)cc2)cn1. The van der Waals surface area contributed by atoms with Gasteiger partial charge in [0.1, 0.15) is 11.6 Å². The number of benzene rings is 2. The fourth-order valence-corrected chi connectivity index (χ4v) is 3.42. The van der Waals surface area contributed by atoms with E-state index in [0.29, 0.717) is 11.4 Å². The van der Waals surface area contributed by atoms with Gasteiger partial charge < -0.3 is 20.3 Å². The first-order chi connectivity index (χ1) is 14.2. The van der Waals surface area contributed by atoms with Crippen molar-refractivity contribution in [2.24, 2.45) is 0 Å². The summed E-state index contributed by atoms with van der Waals surface area (Å²) in [5.41, 5.74) is 3.29. The molecule has 2 N–H and O–H groups in total. The Bertz CT molecular complexity index is 965. The minimum atomic E-state index is -0.185. The monoisotopic (exact) mass is 388 g/mol. The number of hydrogen-bond donors (Lipinski definition) is 2. The third-order valence-electron chi connectivity index (χ3n) is 4.99.